The molecule has 0 radical (unpaired) electrons. The first-order valence-electron chi connectivity index (χ1n) is 8.02. The molecule has 0 aliphatic carbocycles. The van der Waals surface area contributed by atoms with Crippen LogP contribution in [0.15, 0.2) is 23.0 Å². The van der Waals surface area contributed by atoms with Gasteiger partial charge >= 0.3 is 0 Å². The first-order chi connectivity index (χ1) is 11.7. The number of pyridine rings is 1. The molecule has 6 heteroatoms. The van der Waals surface area contributed by atoms with Crippen molar-refractivity contribution in [1.82, 2.24) is 20.1 Å². The highest BCUT2D eigenvalue weighted by atomic mass is 16.1. The fourth-order valence-corrected chi connectivity index (χ4v) is 2.87. The summed E-state index contributed by atoms with van der Waals surface area (Å²) in [5.41, 5.74) is 8.86. The molecule has 0 atom stereocenters. The Hall–Kier alpha value is -2.62. The van der Waals surface area contributed by atoms with Crippen LogP contribution in [-0.4, -0.2) is 34.9 Å². The van der Waals surface area contributed by atoms with Crippen LogP contribution in [0.2, 0.25) is 0 Å². The molecule has 0 aliphatic rings. The summed E-state index contributed by atoms with van der Waals surface area (Å²) in [6.45, 7) is 3.64. The molecule has 0 amide bonds. The molecule has 124 valence electrons. The zero-order valence-corrected chi connectivity index (χ0v) is 13.9. The van der Waals surface area contributed by atoms with Crippen molar-refractivity contribution in [1.29, 1.82) is 0 Å². The number of benzene rings is 1. The monoisotopic (exact) mass is 323 g/mol. The summed E-state index contributed by atoms with van der Waals surface area (Å²) in [6, 6.07) is 5.88. The predicted molar refractivity (Wildman–Crippen MR) is 97.1 cm³/mol. The summed E-state index contributed by atoms with van der Waals surface area (Å²) in [6.07, 6.45) is 0.751. The van der Waals surface area contributed by atoms with E-state index < -0.39 is 0 Å². The zero-order chi connectivity index (χ0) is 17.1. The SMILES string of the molecule is CNCC#Cc1ccc2c(c1)c1n[nH]c(C)c1c(=O)n2CCCN. The van der Waals surface area contributed by atoms with Crippen molar-refractivity contribution in [2.24, 2.45) is 5.73 Å². The molecule has 3 rings (SSSR count). The van der Waals surface area contributed by atoms with Crippen LogP contribution in [0.1, 0.15) is 17.7 Å². The lowest BCUT2D eigenvalue weighted by Crippen LogP contribution is -2.22. The lowest BCUT2D eigenvalue weighted by Gasteiger charge is -2.11. The number of rotatable bonds is 4. The maximum atomic E-state index is 12.9. The summed E-state index contributed by atoms with van der Waals surface area (Å²) >= 11 is 0. The summed E-state index contributed by atoms with van der Waals surface area (Å²) < 4.78 is 1.79. The van der Waals surface area contributed by atoms with Crippen LogP contribution in [0.4, 0.5) is 0 Å². The van der Waals surface area contributed by atoms with Gasteiger partial charge in [-0.05, 0) is 45.1 Å². The molecule has 0 bridgehead atoms. The van der Waals surface area contributed by atoms with Crippen LogP contribution < -0.4 is 16.6 Å². The van der Waals surface area contributed by atoms with Crippen LogP contribution in [0.3, 0.4) is 0 Å². The molecule has 0 saturated carbocycles. The van der Waals surface area contributed by atoms with Crippen LogP contribution in [0, 0.1) is 18.8 Å². The largest absolute Gasteiger partial charge is 0.330 e. The third-order valence-corrected chi connectivity index (χ3v) is 4.03. The molecule has 24 heavy (non-hydrogen) atoms. The molecule has 0 saturated heterocycles. The third kappa shape index (κ3) is 2.80. The minimum atomic E-state index is -0.0220. The van der Waals surface area contributed by atoms with Crippen LogP contribution in [-0.2, 0) is 6.54 Å². The first kappa shape index (κ1) is 16.2. The second-order valence-corrected chi connectivity index (χ2v) is 5.74. The standard InChI is InChI=1S/C18H21N5O/c1-12-16-17(22-21-12)14-11-13(5-3-9-20-2)6-7-15(14)23(18(16)24)10-4-8-19/h6-7,11,20H,4,8-10,19H2,1-2H3,(H,21,22). The number of nitrogens with one attached hydrogen (secondary N) is 2. The minimum absolute atomic E-state index is 0.0220. The van der Waals surface area contributed by atoms with Crippen molar-refractivity contribution in [3.05, 3.63) is 39.8 Å². The number of H-pyrrole nitrogens is 1. The quantitative estimate of drug-likeness (QED) is 0.628. The number of aromatic amines is 1. The van der Waals surface area contributed by atoms with Gasteiger partial charge < -0.3 is 15.6 Å². The van der Waals surface area contributed by atoms with Gasteiger partial charge in [0.2, 0.25) is 0 Å². The Balaban J connectivity index is 2.29. The fourth-order valence-electron chi connectivity index (χ4n) is 2.87. The Morgan fingerprint density at radius 3 is 3.00 bits per heavy atom. The van der Waals surface area contributed by atoms with Crippen LogP contribution in [0.5, 0.6) is 0 Å². The number of fused-ring (bicyclic) bond motifs is 3. The number of aromatic nitrogens is 3. The van der Waals surface area contributed by atoms with Crippen LogP contribution in [0.25, 0.3) is 21.8 Å². The van der Waals surface area contributed by atoms with E-state index in [4.69, 9.17) is 5.73 Å². The van der Waals surface area contributed by atoms with Gasteiger partial charge in [0.1, 0.15) is 5.52 Å². The zero-order valence-electron chi connectivity index (χ0n) is 13.9. The van der Waals surface area contributed by atoms with E-state index in [0.29, 0.717) is 30.5 Å². The van der Waals surface area contributed by atoms with E-state index in [1.54, 1.807) is 4.57 Å². The molecule has 0 aliphatic heterocycles. The molecule has 0 fully saturated rings. The van der Waals surface area contributed by atoms with Crippen molar-refractivity contribution in [2.75, 3.05) is 20.1 Å². The molecule has 4 N–H and O–H groups in total. The lowest BCUT2D eigenvalue weighted by molar-refractivity contribution is 0.654. The van der Waals surface area contributed by atoms with Gasteiger partial charge in [-0.25, -0.2) is 0 Å². The molecular formula is C18H21N5O. The van der Waals surface area contributed by atoms with Gasteiger partial charge in [-0.15, -0.1) is 0 Å². The highest BCUT2D eigenvalue weighted by Gasteiger charge is 2.15. The maximum Gasteiger partial charge on any atom is 0.262 e. The number of nitrogens with zero attached hydrogens (tertiary/aromatic N) is 2. The average Bonchev–Trinajstić information content (AvgIpc) is 2.97. The number of aryl methyl sites for hydroxylation is 2. The molecular weight excluding hydrogens is 302 g/mol. The van der Waals surface area contributed by atoms with Gasteiger partial charge in [0.25, 0.3) is 5.56 Å². The van der Waals surface area contributed by atoms with Crippen molar-refractivity contribution in [2.45, 2.75) is 19.9 Å². The van der Waals surface area contributed by atoms with Gasteiger partial charge in [-0.3, -0.25) is 9.89 Å². The van der Waals surface area contributed by atoms with E-state index in [-0.39, 0.29) is 5.56 Å². The molecule has 6 nitrogen and oxygen atoms in total. The van der Waals surface area contributed by atoms with Gasteiger partial charge in [0, 0.05) is 23.2 Å². The number of hydrogen-bond donors (Lipinski definition) is 3. The van der Waals surface area contributed by atoms with E-state index in [1.807, 2.05) is 32.2 Å². The Morgan fingerprint density at radius 1 is 1.42 bits per heavy atom. The second-order valence-electron chi connectivity index (χ2n) is 5.74. The molecule has 3 aromatic rings. The summed E-state index contributed by atoms with van der Waals surface area (Å²) in [5, 5.41) is 11.8. The lowest BCUT2D eigenvalue weighted by atomic mass is 10.1. The van der Waals surface area contributed by atoms with Crippen LogP contribution >= 0.6 is 0 Å². The first-order valence-corrected chi connectivity index (χ1v) is 8.02. The van der Waals surface area contributed by atoms with E-state index in [0.717, 1.165) is 28.6 Å². The highest BCUT2D eigenvalue weighted by molar-refractivity contribution is 6.04. The number of nitrogens with two attached hydrogens (primary N) is 1. The van der Waals surface area contributed by atoms with E-state index >= 15 is 0 Å². The number of hydrogen-bond acceptors (Lipinski definition) is 4. The summed E-state index contributed by atoms with van der Waals surface area (Å²) in [4.78, 5) is 12.9. The smallest absolute Gasteiger partial charge is 0.262 e. The van der Waals surface area contributed by atoms with Gasteiger partial charge in [-0.2, -0.15) is 5.10 Å². The molecule has 2 heterocycles. The van der Waals surface area contributed by atoms with Crippen molar-refractivity contribution < 1.29 is 0 Å². The minimum Gasteiger partial charge on any atom is -0.330 e. The Kier molecular flexibility index (Phi) is 4.65. The Bertz CT molecular complexity index is 1000. The Morgan fingerprint density at radius 2 is 2.25 bits per heavy atom. The fraction of sp³-hybridized carbons (Fsp3) is 0.333. The normalized spacial score (nSPS) is 11.0. The molecule has 1 aromatic carbocycles. The van der Waals surface area contributed by atoms with Gasteiger partial charge in [0.15, 0.2) is 0 Å². The topological polar surface area (TPSA) is 88.7 Å². The van der Waals surface area contributed by atoms with E-state index in [2.05, 4.69) is 27.4 Å². The van der Waals surface area contributed by atoms with Gasteiger partial charge in [-0.1, -0.05) is 11.8 Å². The molecule has 0 spiro atoms. The van der Waals surface area contributed by atoms with Crippen molar-refractivity contribution >= 4 is 21.8 Å². The Labute approximate surface area is 140 Å². The average molecular weight is 323 g/mol. The maximum absolute atomic E-state index is 12.9. The van der Waals surface area contributed by atoms with E-state index in [1.165, 1.54) is 0 Å². The second kappa shape index (κ2) is 6.87. The van der Waals surface area contributed by atoms with Crippen molar-refractivity contribution in [3.63, 3.8) is 0 Å². The van der Waals surface area contributed by atoms with Crippen molar-refractivity contribution in [3.8, 4) is 11.8 Å². The summed E-state index contributed by atoms with van der Waals surface area (Å²) in [7, 11) is 1.86. The third-order valence-electron chi connectivity index (χ3n) is 4.03. The molecule has 2 aromatic heterocycles. The summed E-state index contributed by atoms with van der Waals surface area (Å²) in [5.74, 6) is 6.18. The highest BCUT2D eigenvalue weighted by Crippen LogP contribution is 2.24. The van der Waals surface area contributed by atoms with Gasteiger partial charge in [0.05, 0.1) is 17.4 Å². The molecule has 0 unspecified atom stereocenters. The predicted octanol–water partition coefficient (Wildman–Crippen LogP) is 1.11. The van der Waals surface area contributed by atoms with E-state index in [9.17, 15) is 4.79 Å².